The van der Waals surface area contributed by atoms with Crippen molar-refractivity contribution in [2.75, 3.05) is 19.9 Å². The maximum atomic E-state index is 14.2. The fourth-order valence-electron chi connectivity index (χ4n) is 3.66. The number of rotatable bonds is 4. The highest BCUT2D eigenvalue weighted by Crippen LogP contribution is 2.38. The van der Waals surface area contributed by atoms with Crippen molar-refractivity contribution in [2.24, 2.45) is 5.73 Å². The number of benzene rings is 1. The minimum atomic E-state index is -1.77. The van der Waals surface area contributed by atoms with Crippen LogP contribution in [-0.2, 0) is 16.8 Å². The zero-order valence-corrected chi connectivity index (χ0v) is 18.1. The summed E-state index contributed by atoms with van der Waals surface area (Å²) >= 11 is 5.87. The number of hydrogen-bond donors (Lipinski definition) is 1. The Hall–Kier alpha value is -2.68. The van der Waals surface area contributed by atoms with Crippen LogP contribution in [0.1, 0.15) is 36.8 Å². The molecule has 0 bridgehead atoms. The molecule has 1 aromatic heterocycles. The molecule has 1 aliphatic rings. The fraction of sp³-hybridized carbons (Fsp3) is 0.429. The van der Waals surface area contributed by atoms with Crippen LogP contribution < -0.4 is 5.73 Å². The van der Waals surface area contributed by atoms with Gasteiger partial charge in [0.2, 0.25) is 0 Å². The molecular weight excluding hydrogens is 435 g/mol. The molecule has 1 aliphatic heterocycles. The first-order valence-electron chi connectivity index (χ1n) is 9.52. The highest BCUT2D eigenvalue weighted by molar-refractivity contribution is 6.31. The van der Waals surface area contributed by atoms with Gasteiger partial charge in [-0.25, -0.2) is 18.0 Å². The second-order valence-electron chi connectivity index (χ2n) is 8.56. The molecule has 3 rings (SSSR count). The number of hydrogen-bond acceptors (Lipinski definition) is 3. The third kappa shape index (κ3) is 4.23. The fourth-order valence-corrected chi connectivity index (χ4v) is 3.84. The van der Waals surface area contributed by atoms with Crippen LogP contribution in [0.25, 0.3) is 11.1 Å². The van der Waals surface area contributed by atoms with E-state index < -0.39 is 42.3 Å². The average molecular weight is 458 g/mol. The van der Waals surface area contributed by atoms with Crippen molar-refractivity contribution in [3.8, 4) is 11.1 Å². The Morgan fingerprint density at radius 3 is 2.42 bits per heavy atom. The first-order valence-corrected chi connectivity index (χ1v) is 9.90. The van der Waals surface area contributed by atoms with Crippen LogP contribution >= 0.6 is 11.6 Å². The molecule has 10 heteroatoms. The normalized spacial score (nSPS) is 15.5. The average Bonchev–Trinajstić information content (AvgIpc) is 3.08. The van der Waals surface area contributed by atoms with Gasteiger partial charge in [-0.2, -0.15) is 0 Å². The summed E-state index contributed by atoms with van der Waals surface area (Å²) in [5.41, 5.74) is 3.73. The number of alkyl halides is 2. The summed E-state index contributed by atoms with van der Waals surface area (Å²) in [4.78, 5) is 26.2. The van der Waals surface area contributed by atoms with E-state index in [2.05, 4.69) is 0 Å². The molecule has 0 fully saturated rings. The minimum absolute atomic E-state index is 0.0257. The molecule has 31 heavy (non-hydrogen) atoms. The van der Waals surface area contributed by atoms with E-state index in [0.717, 1.165) is 11.0 Å². The topological polar surface area (TPSA) is 77.6 Å². The summed E-state index contributed by atoms with van der Waals surface area (Å²) in [6.45, 7) is 2.25. The van der Waals surface area contributed by atoms with Gasteiger partial charge in [0, 0.05) is 11.8 Å². The van der Waals surface area contributed by atoms with Gasteiger partial charge < -0.3 is 15.0 Å². The second kappa shape index (κ2) is 8.11. The Morgan fingerprint density at radius 1 is 1.26 bits per heavy atom. The first-order chi connectivity index (χ1) is 14.4. The predicted octanol–water partition coefficient (Wildman–Crippen LogP) is 4.43. The van der Waals surface area contributed by atoms with Crippen LogP contribution in [0.4, 0.5) is 18.0 Å². The number of aromatic nitrogens is 1. The summed E-state index contributed by atoms with van der Waals surface area (Å²) in [7, 11) is 0. The SMILES string of the molecule is CC(C)(C)OC(=O)N1Cc2c(C(N)=O)c(-c3ccc(F)c(Cl)c3)cn2C(CF)(CF)C1. The number of amides is 2. The monoisotopic (exact) mass is 457 g/mol. The molecule has 0 radical (unpaired) electrons. The van der Waals surface area contributed by atoms with Gasteiger partial charge >= 0.3 is 6.09 Å². The van der Waals surface area contributed by atoms with E-state index in [9.17, 15) is 22.8 Å². The van der Waals surface area contributed by atoms with Crippen molar-refractivity contribution in [1.29, 1.82) is 0 Å². The van der Waals surface area contributed by atoms with E-state index in [1.807, 2.05) is 0 Å². The highest BCUT2D eigenvalue weighted by Gasteiger charge is 2.44. The zero-order valence-electron chi connectivity index (χ0n) is 17.3. The highest BCUT2D eigenvalue weighted by atomic mass is 35.5. The zero-order chi connectivity index (χ0) is 23.1. The number of fused-ring (bicyclic) bond motifs is 1. The third-order valence-electron chi connectivity index (χ3n) is 5.07. The Kier molecular flexibility index (Phi) is 6.01. The second-order valence-corrected chi connectivity index (χ2v) is 8.96. The smallest absolute Gasteiger partial charge is 0.410 e. The molecule has 0 saturated carbocycles. The van der Waals surface area contributed by atoms with Crippen LogP contribution in [-0.4, -0.2) is 47.0 Å². The quantitative estimate of drug-likeness (QED) is 0.737. The standard InChI is InChI=1S/C21H23ClF3N3O3/c1-20(2,3)31-19(30)27-8-16-17(18(26)29)13(12-4-5-15(25)14(22)6-12)7-28(16)21(9-23,10-24)11-27/h4-7H,8-11H2,1-3H3,(H2,26,29). The molecule has 0 aliphatic carbocycles. The van der Waals surface area contributed by atoms with Crippen molar-refractivity contribution >= 4 is 23.6 Å². The summed E-state index contributed by atoms with van der Waals surface area (Å²) in [6, 6.07) is 3.79. The molecule has 0 unspecified atom stereocenters. The molecule has 2 aromatic rings. The molecule has 0 spiro atoms. The number of nitrogens with zero attached hydrogens (tertiary/aromatic N) is 2. The van der Waals surface area contributed by atoms with E-state index in [4.69, 9.17) is 22.1 Å². The van der Waals surface area contributed by atoms with Crippen LogP contribution in [0, 0.1) is 5.82 Å². The van der Waals surface area contributed by atoms with E-state index in [1.165, 1.54) is 22.9 Å². The summed E-state index contributed by atoms with van der Waals surface area (Å²) in [6.07, 6.45) is 0.623. The Bertz CT molecular complexity index is 1030. The third-order valence-corrected chi connectivity index (χ3v) is 5.36. The number of primary amides is 1. The molecular formula is C21H23ClF3N3O3. The Balaban J connectivity index is 2.19. The van der Waals surface area contributed by atoms with E-state index in [0.29, 0.717) is 5.56 Å². The Labute approximate surface area is 182 Å². The van der Waals surface area contributed by atoms with Gasteiger partial charge in [0.1, 0.15) is 30.3 Å². The van der Waals surface area contributed by atoms with Gasteiger partial charge in [-0.15, -0.1) is 0 Å². The maximum absolute atomic E-state index is 14.2. The molecule has 6 nitrogen and oxygen atoms in total. The van der Waals surface area contributed by atoms with Gasteiger partial charge in [-0.1, -0.05) is 17.7 Å². The predicted molar refractivity (Wildman–Crippen MR) is 110 cm³/mol. The number of ether oxygens (including phenoxy) is 1. The lowest BCUT2D eigenvalue weighted by Crippen LogP contribution is -2.55. The number of nitrogens with two attached hydrogens (primary N) is 1. The molecule has 1 aromatic carbocycles. The van der Waals surface area contributed by atoms with Crippen molar-refractivity contribution in [2.45, 2.75) is 38.5 Å². The van der Waals surface area contributed by atoms with Crippen LogP contribution in [0.5, 0.6) is 0 Å². The van der Waals surface area contributed by atoms with Crippen molar-refractivity contribution in [1.82, 2.24) is 9.47 Å². The van der Waals surface area contributed by atoms with Gasteiger partial charge in [-0.3, -0.25) is 9.69 Å². The van der Waals surface area contributed by atoms with E-state index in [-0.39, 0.29) is 34.9 Å². The molecule has 2 N–H and O–H groups in total. The number of carbonyl (C=O) groups is 2. The van der Waals surface area contributed by atoms with Gasteiger partial charge in [0.05, 0.1) is 29.4 Å². The van der Waals surface area contributed by atoms with E-state index >= 15 is 0 Å². The van der Waals surface area contributed by atoms with E-state index in [1.54, 1.807) is 20.8 Å². The first kappa shape index (κ1) is 23.0. The van der Waals surface area contributed by atoms with Gasteiger partial charge in [-0.05, 0) is 38.5 Å². The molecule has 168 valence electrons. The maximum Gasteiger partial charge on any atom is 0.410 e. The van der Waals surface area contributed by atoms with Crippen LogP contribution in [0.15, 0.2) is 24.4 Å². The van der Waals surface area contributed by atoms with Crippen molar-refractivity contribution < 1.29 is 27.5 Å². The van der Waals surface area contributed by atoms with Crippen molar-refractivity contribution in [3.05, 3.63) is 46.5 Å². The largest absolute Gasteiger partial charge is 0.444 e. The van der Waals surface area contributed by atoms with Gasteiger partial charge in [0.25, 0.3) is 5.91 Å². The lowest BCUT2D eigenvalue weighted by atomic mass is 9.97. The molecule has 2 amide bonds. The van der Waals surface area contributed by atoms with Crippen molar-refractivity contribution in [3.63, 3.8) is 0 Å². The lowest BCUT2D eigenvalue weighted by molar-refractivity contribution is -0.000574. The molecule has 2 heterocycles. The van der Waals surface area contributed by atoms with Gasteiger partial charge in [0.15, 0.2) is 0 Å². The summed E-state index contributed by atoms with van der Waals surface area (Å²) < 4.78 is 48.7. The number of halogens is 4. The Morgan fingerprint density at radius 2 is 1.90 bits per heavy atom. The minimum Gasteiger partial charge on any atom is -0.444 e. The summed E-state index contributed by atoms with van der Waals surface area (Å²) in [5, 5.41) is -0.185. The lowest BCUT2D eigenvalue weighted by Gasteiger charge is -2.42. The van der Waals surface area contributed by atoms with Crippen LogP contribution in [0.3, 0.4) is 0 Å². The molecule has 0 saturated heterocycles. The van der Waals surface area contributed by atoms with Crippen LogP contribution in [0.2, 0.25) is 5.02 Å². The molecule has 0 atom stereocenters. The summed E-state index contributed by atoms with van der Waals surface area (Å²) in [5.74, 6) is -1.52. The number of carbonyl (C=O) groups excluding carboxylic acids is 2.